The van der Waals surface area contributed by atoms with Gasteiger partial charge in [0.05, 0.1) is 4.90 Å². The highest BCUT2D eigenvalue weighted by atomic mass is 32.2. The van der Waals surface area contributed by atoms with E-state index in [9.17, 15) is 13.5 Å². The summed E-state index contributed by atoms with van der Waals surface area (Å²) in [6, 6.07) is 5.80. The lowest BCUT2D eigenvalue weighted by Gasteiger charge is -2.48. The highest BCUT2D eigenvalue weighted by molar-refractivity contribution is 7.89. The molecule has 1 fully saturated rings. The van der Waals surface area contributed by atoms with Gasteiger partial charge in [-0.15, -0.1) is 0 Å². The average Bonchev–Trinajstić information content (AvgIpc) is 2.32. The Morgan fingerprint density at radius 2 is 1.90 bits per heavy atom. The van der Waals surface area contributed by atoms with Gasteiger partial charge in [-0.1, -0.05) is 6.07 Å². The maximum atomic E-state index is 12.5. The van der Waals surface area contributed by atoms with Gasteiger partial charge in [-0.3, -0.25) is 0 Å². The highest BCUT2D eigenvalue weighted by Crippen LogP contribution is 2.37. The lowest BCUT2D eigenvalue weighted by molar-refractivity contribution is 0.0455. The second-order valence-electron chi connectivity index (χ2n) is 5.73. The number of hydrogen-bond acceptors (Lipinski definition) is 4. The lowest BCUT2D eigenvalue weighted by atomic mass is 9.75. The van der Waals surface area contributed by atoms with Gasteiger partial charge in [-0.05, 0) is 51.6 Å². The molecule has 0 bridgehead atoms. The summed E-state index contributed by atoms with van der Waals surface area (Å²) < 4.78 is 26.4. The number of phenols is 1. The van der Waals surface area contributed by atoms with Gasteiger partial charge < -0.3 is 10.0 Å². The number of hydrogen-bond donors (Lipinski definition) is 1. The van der Waals surface area contributed by atoms with Crippen molar-refractivity contribution in [3.05, 3.63) is 24.3 Å². The number of benzene rings is 1. The van der Waals surface area contributed by atoms with Crippen LogP contribution in [0.4, 0.5) is 0 Å². The van der Waals surface area contributed by atoms with Crippen molar-refractivity contribution in [1.29, 1.82) is 0 Å². The Morgan fingerprint density at radius 1 is 1.25 bits per heavy atom. The molecule has 1 aliphatic carbocycles. The molecule has 6 heteroatoms. The van der Waals surface area contributed by atoms with Crippen molar-refractivity contribution in [2.24, 2.45) is 0 Å². The van der Waals surface area contributed by atoms with Crippen LogP contribution in [-0.2, 0) is 10.0 Å². The summed E-state index contributed by atoms with van der Waals surface area (Å²) >= 11 is 0. The van der Waals surface area contributed by atoms with E-state index in [1.165, 1.54) is 22.5 Å². The third kappa shape index (κ3) is 2.68. The first kappa shape index (κ1) is 15.3. The maximum Gasteiger partial charge on any atom is 0.243 e. The Labute approximate surface area is 120 Å². The predicted octanol–water partition coefficient (Wildman–Crippen LogP) is 1.50. The molecule has 1 N–H and O–H groups in total. The monoisotopic (exact) mass is 298 g/mol. The quantitative estimate of drug-likeness (QED) is 0.895. The zero-order valence-corrected chi connectivity index (χ0v) is 13.0. The number of likely N-dealkylation sites (N-methyl/N-ethyl adjacent to an activating group) is 2. The third-order valence-corrected chi connectivity index (χ3v) is 6.08. The maximum absolute atomic E-state index is 12.5. The molecule has 5 nitrogen and oxygen atoms in total. The van der Waals surface area contributed by atoms with Gasteiger partial charge in [-0.2, -0.15) is 4.31 Å². The molecule has 0 radical (unpaired) electrons. The van der Waals surface area contributed by atoms with Gasteiger partial charge in [0.25, 0.3) is 0 Å². The van der Waals surface area contributed by atoms with Crippen LogP contribution in [0.1, 0.15) is 19.3 Å². The van der Waals surface area contributed by atoms with Crippen molar-refractivity contribution < 1.29 is 13.5 Å². The Morgan fingerprint density at radius 3 is 2.35 bits per heavy atom. The van der Waals surface area contributed by atoms with Crippen LogP contribution in [0.25, 0.3) is 0 Å². The van der Waals surface area contributed by atoms with Crippen LogP contribution < -0.4 is 0 Å². The van der Waals surface area contributed by atoms with E-state index >= 15 is 0 Å². The molecule has 0 heterocycles. The van der Waals surface area contributed by atoms with E-state index in [-0.39, 0.29) is 16.2 Å². The molecule has 0 spiro atoms. The summed E-state index contributed by atoms with van der Waals surface area (Å²) in [6.07, 6.45) is 3.16. The minimum atomic E-state index is -3.56. The summed E-state index contributed by atoms with van der Waals surface area (Å²) in [7, 11) is 2.03. The normalized spacial score (nSPS) is 18.2. The first-order valence-corrected chi connectivity index (χ1v) is 8.15. The number of nitrogens with zero attached hydrogens (tertiary/aromatic N) is 2. The standard InChI is InChI=1S/C14H22N2O3S/c1-15(2)14(8-5-9-14)11-16(3)20(18,19)13-7-4-6-12(17)10-13/h4,6-7,10,17H,5,8-9,11H2,1-3H3. The Hall–Kier alpha value is -1.11. The van der Waals surface area contributed by atoms with E-state index in [1.54, 1.807) is 13.1 Å². The molecule has 2 rings (SSSR count). The van der Waals surface area contributed by atoms with Crippen LogP contribution in [0.3, 0.4) is 0 Å². The molecule has 20 heavy (non-hydrogen) atoms. The van der Waals surface area contributed by atoms with E-state index in [4.69, 9.17) is 0 Å². The van der Waals surface area contributed by atoms with Crippen LogP contribution in [-0.4, -0.2) is 56.0 Å². The third-order valence-electron chi connectivity index (χ3n) is 4.28. The molecular weight excluding hydrogens is 276 g/mol. The highest BCUT2D eigenvalue weighted by Gasteiger charge is 2.42. The molecule has 1 aromatic carbocycles. The summed E-state index contributed by atoms with van der Waals surface area (Å²) in [5.74, 6) is -0.0366. The molecule has 1 aromatic rings. The summed E-state index contributed by atoms with van der Waals surface area (Å²) in [4.78, 5) is 2.25. The smallest absolute Gasteiger partial charge is 0.243 e. The van der Waals surface area contributed by atoms with E-state index in [0.29, 0.717) is 6.54 Å². The molecule has 0 unspecified atom stereocenters. The Bertz CT molecular complexity index is 580. The topological polar surface area (TPSA) is 60.9 Å². The second-order valence-corrected chi connectivity index (χ2v) is 7.78. The molecule has 0 amide bonds. The van der Waals surface area contributed by atoms with Gasteiger partial charge in [0.1, 0.15) is 5.75 Å². The largest absolute Gasteiger partial charge is 0.508 e. The number of phenolic OH excluding ortho intramolecular Hbond substituents is 1. The van der Waals surface area contributed by atoms with Crippen molar-refractivity contribution in [3.8, 4) is 5.75 Å². The van der Waals surface area contributed by atoms with E-state index in [0.717, 1.165) is 19.3 Å². The van der Waals surface area contributed by atoms with Gasteiger partial charge in [-0.25, -0.2) is 8.42 Å². The summed E-state index contributed by atoms with van der Waals surface area (Å²) in [6.45, 7) is 0.470. The van der Waals surface area contributed by atoms with Crippen molar-refractivity contribution in [2.45, 2.75) is 29.7 Å². The van der Waals surface area contributed by atoms with E-state index in [2.05, 4.69) is 4.90 Å². The predicted molar refractivity (Wildman–Crippen MR) is 78.2 cm³/mol. The van der Waals surface area contributed by atoms with Crippen molar-refractivity contribution in [1.82, 2.24) is 9.21 Å². The molecule has 0 atom stereocenters. The van der Waals surface area contributed by atoms with E-state index < -0.39 is 10.0 Å². The SMILES string of the molecule is CN(C)C1(CN(C)S(=O)(=O)c2cccc(O)c2)CCC1. The molecule has 1 saturated carbocycles. The van der Waals surface area contributed by atoms with Gasteiger partial charge in [0.2, 0.25) is 10.0 Å². The first-order valence-electron chi connectivity index (χ1n) is 6.71. The fourth-order valence-corrected chi connectivity index (χ4v) is 3.95. The van der Waals surface area contributed by atoms with Gasteiger partial charge >= 0.3 is 0 Å². The zero-order valence-electron chi connectivity index (χ0n) is 12.2. The minimum Gasteiger partial charge on any atom is -0.508 e. The molecule has 0 aromatic heterocycles. The van der Waals surface area contributed by atoms with Crippen LogP contribution in [0, 0.1) is 0 Å². The van der Waals surface area contributed by atoms with Gasteiger partial charge in [0, 0.05) is 19.1 Å². The number of sulfonamides is 1. The van der Waals surface area contributed by atoms with Crippen LogP contribution in [0.15, 0.2) is 29.2 Å². The molecule has 0 saturated heterocycles. The van der Waals surface area contributed by atoms with Gasteiger partial charge in [0.15, 0.2) is 0 Å². The minimum absolute atomic E-state index is 0.0366. The zero-order chi connectivity index (χ0) is 15.0. The molecule has 112 valence electrons. The summed E-state index contributed by atoms with van der Waals surface area (Å²) in [5, 5.41) is 9.45. The number of aromatic hydroxyl groups is 1. The van der Waals surface area contributed by atoms with Crippen molar-refractivity contribution in [3.63, 3.8) is 0 Å². The average molecular weight is 298 g/mol. The second kappa shape index (κ2) is 5.35. The number of rotatable bonds is 5. The van der Waals surface area contributed by atoms with Crippen LogP contribution >= 0.6 is 0 Å². The Kier molecular flexibility index (Phi) is 4.09. The fourth-order valence-electron chi connectivity index (χ4n) is 2.66. The lowest BCUT2D eigenvalue weighted by Crippen LogP contribution is -2.57. The van der Waals surface area contributed by atoms with Crippen molar-refractivity contribution >= 4 is 10.0 Å². The molecule has 0 aliphatic heterocycles. The van der Waals surface area contributed by atoms with Crippen molar-refractivity contribution in [2.75, 3.05) is 27.7 Å². The van der Waals surface area contributed by atoms with Crippen LogP contribution in [0.5, 0.6) is 5.75 Å². The molecular formula is C14H22N2O3S. The molecule has 1 aliphatic rings. The van der Waals surface area contributed by atoms with Crippen LogP contribution in [0.2, 0.25) is 0 Å². The first-order chi connectivity index (χ1) is 9.28. The van der Waals surface area contributed by atoms with E-state index in [1.807, 2.05) is 14.1 Å². The summed E-state index contributed by atoms with van der Waals surface area (Å²) in [5.41, 5.74) is -0.0569. The fraction of sp³-hybridized carbons (Fsp3) is 0.571. The Balaban J connectivity index is 2.22.